The molecule has 0 aliphatic heterocycles. The van der Waals surface area contributed by atoms with E-state index in [-0.39, 0.29) is 0 Å². The van der Waals surface area contributed by atoms with Gasteiger partial charge in [0.15, 0.2) is 0 Å². The normalized spacial score (nSPS) is 10.1. The predicted molar refractivity (Wildman–Crippen MR) is 65.5 cm³/mol. The first-order valence-corrected chi connectivity index (χ1v) is 5.76. The molecule has 2 rings (SSSR count). The van der Waals surface area contributed by atoms with Gasteiger partial charge in [-0.3, -0.25) is 4.98 Å². The van der Waals surface area contributed by atoms with Crippen LogP contribution in [0.15, 0.2) is 41.1 Å². The Bertz CT molecular complexity index is 447. The van der Waals surface area contributed by atoms with E-state index in [1.807, 2.05) is 18.2 Å². The number of ether oxygens (including phenoxy) is 1. The van der Waals surface area contributed by atoms with Gasteiger partial charge < -0.3 is 4.74 Å². The monoisotopic (exact) mass is 298 g/mol. The largest absolute Gasteiger partial charge is 0.486 e. The zero-order valence-corrected chi connectivity index (χ0v) is 10.6. The lowest BCUT2D eigenvalue weighted by Gasteiger charge is -2.05. The van der Waals surface area contributed by atoms with Crippen molar-refractivity contribution in [3.63, 3.8) is 0 Å². The first-order valence-electron chi connectivity index (χ1n) is 4.59. The maximum atomic E-state index is 5.77. The molecule has 82 valence electrons. The minimum atomic E-state index is 0.374. The molecule has 5 heteroatoms. The Kier molecular flexibility index (Phi) is 3.74. The van der Waals surface area contributed by atoms with E-state index in [1.165, 1.54) is 0 Å². The average Bonchev–Trinajstić information content (AvgIpc) is 2.27. The molecule has 16 heavy (non-hydrogen) atoms. The molecule has 2 aromatic rings. The molecule has 0 amide bonds. The third-order valence-corrected chi connectivity index (χ3v) is 2.48. The standard InChI is InChI=1S/C11H8BrClN2O/c12-8-4-10(6-14-5-8)16-7-9-2-1-3-11(13)15-9/h1-6H,7H2. The lowest BCUT2D eigenvalue weighted by atomic mass is 10.4. The van der Waals surface area contributed by atoms with Crippen molar-refractivity contribution in [3.05, 3.63) is 52.0 Å². The molecule has 0 radical (unpaired) electrons. The van der Waals surface area contributed by atoms with Crippen LogP contribution in [0.1, 0.15) is 5.69 Å². The molecule has 0 atom stereocenters. The van der Waals surface area contributed by atoms with Gasteiger partial charge >= 0.3 is 0 Å². The second-order valence-electron chi connectivity index (χ2n) is 3.08. The van der Waals surface area contributed by atoms with Gasteiger partial charge in [-0.25, -0.2) is 4.98 Å². The van der Waals surface area contributed by atoms with E-state index in [9.17, 15) is 0 Å². The van der Waals surface area contributed by atoms with Crippen LogP contribution in [0.3, 0.4) is 0 Å². The second-order valence-corrected chi connectivity index (χ2v) is 4.38. The van der Waals surface area contributed by atoms with Crippen molar-refractivity contribution in [1.29, 1.82) is 0 Å². The molecular formula is C11H8BrClN2O. The Hall–Kier alpha value is -1.13. The van der Waals surface area contributed by atoms with E-state index in [2.05, 4.69) is 25.9 Å². The van der Waals surface area contributed by atoms with E-state index in [0.29, 0.717) is 17.5 Å². The minimum Gasteiger partial charge on any atom is -0.486 e. The summed E-state index contributed by atoms with van der Waals surface area (Å²) in [5.74, 6) is 0.691. The van der Waals surface area contributed by atoms with Crippen LogP contribution < -0.4 is 4.74 Å². The van der Waals surface area contributed by atoms with Crippen LogP contribution in [0.25, 0.3) is 0 Å². The number of hydrogen-bond acceptors (Lipinski definition) is 3. The second kappa shape index (κ2) is 5.27. The van der Waals surface area contributed by atoms with Crippen molar-refractivity contribution < 1.29 is 4.74 Å². The van der Waals surface area contributed by atoms with E-state index in [1.54, 1.807) is 18.5 Å². The van der Waals surface area contributed by atoms with Gasteiger partial charge in [-0.2, -0.15) is 0 Å². The fourth-order valence-corrected chi connectivity index (χ4v) is 1.68. The fraction of sp³-hybridized carbons (Fsp3) is 0.0909. The maximum Gasteiger partial charge on any atom is 0.139 e. The fourth-order valence-electron chi connectivity index (χ4n) is 1.16. The van der Waals surface area contributed by atoms with Gasteiger partial charge in [0.2, 0.25) is 0 Å². The zero-order chi connectivity index (χ0) is 11.4. The Morgan fingerprint density at radius 3 is 2.94 bits per heavy atom. The van der Waals surface area contributed by atoms with E-state index in [0.717, 1.165) is 10.2 Å². The van der Waals surface area contributed by atoms with E-state index >= 15 is 0 Å². The van der Waals surface area contributed by atoms with Crippen LogP contribution in [-0.4, -0.2) is 9.97 Å². The highest BCUT2D eigenvalue weighted by molar-refractivity contribution is 9.10. The highest BCUT2D eigenvalue weighted by Gasteiger charge is 1.99. The lowest BCUT2D eigenvalue weighted by molar-refractivity contribution is 0.300. The molecule has 0 unspecified atom stereocenters. The van der Waals surface area contributed by atoms with Crippen LogP contribution >= 0.6 is 27.5 Å². The Morgan fingerprint density at radius 1 is 1.31 bits per heavy atom. The minimum absolute atomic E-state index is 0.374. The third-order valence-electron chi connectivity index (χ3n) is 1.84. The average molecular weight is 300 g/mol. The summed E-state index contributed by atoms with van der Waals surface area (Å²) in [6.45, 7) is 0.374. The summed E-state index contributed by atoms with van der Waals surface area (Å²) in [5, 5.41) is 0.466. The van der Waals surface area contributed by atoms with Crippen molar-refractivity contribution in [3.8, 4) is 5.75 Å². The molecule has 0 aliphatic carbocycles. The Balaban J connectivity index is 2.02. The third kappa shape index (κ3) is 3.18. The van der Waals surface area contributed by atoms with Crippen molar-refractivity contribution in [2.45, 2.75) is 6.61 Å². The number of nitrogens with zero attached hydrogens (tertiary/aromatic N) is 2. The SMILES string of the molecule is Clc1cccc(COc2cncc(Br)c2)n1. The summed E-state index contributed by atoms with van der Waals surface area (Å²) in [6.07, 6.45) is 3.35. The molecule has 0 aromatic carbocycles. The van der Waals surface area contributed by atoms with Gasteiger partial charge in [0, 0.05) is 10.7 Å². The highest BCUT2D eigenvalue weighted by atomic mass is 79.9. The number of hydrogen-bond donors (Lipinski definition) is 0. The van der Waals surface area contributed by atoms with Crippen molar-refractivity contribution in [1.82, 2.24) is 9.97 Å². The van der Waals surface area contributed by atoms with Crippen LogP contribution in [-0.2, 0) is 6.61 Å². The molecule has 0 N–H and O–H groups in total. The van der Waals surface area contributed by atoms with Crippen molar-refractivity contribution >= 4 is 27.5 Å². The number of pyridine rings is 2. The van der Waals surface area contributed by atoms with Crippen LogP contribution in [0.4, 0.5) is 0 Å². The molecule has 0 bridgehead atoms. The molecule has 3 nitrogen and oxygen atoms in total. The molecule has 0 saturated heterocycles. The lowest BCUT2D eigenvalue weighted by Crippen LogP contribution is -1.98. The summed E-state index contributed by atoms with van der Waals surface area (Å²) >= 11 is 9.09. The number of aromatic nitrogens is 2. The van der Waals surface area contributed by atoms with Gasteiger partial charge in [-0.05, 0) is 34.1 Å². The topological polar surface area (TPSA) is 35.0 Å². The summed E-state index contributed by atoms with van der Waals surface area (Å²) < 4.78 is 6.39. The quantitative estimate of drug-likeness (QED) is 0.814. The molecule has 0 fully saturated rings. The zero-order valence-electron chi connectivity index (χ0n) is 8.23. The molecule has 0 aliphatic rings. The van der Waals surface area contributed by atoms with E-state index < -0.39 is 0 Å². The highest BCUT2D eigenvalue weighted by Crippen LogP contribution is 2.17. The van der Waals surface area contributed by atoms with Crippen molar-refractivity contribution in [2.75, 3.05) is 0 Å². The van der Waals surface area contributed by atoms with Gasteiger partial charge in [0.1, 0.15) is 17.5 Å². The first kappa shape index (κ1) is 11.4. The van der Waals surface area contributed by atoms with Gasteiger partial charge in [-0.15, -0.1) is 0 Å². The first-order chi connectivity index (χ1) is 7.74. The van der Waals surface area contributed by atoms with E-state index in [4.69, 9.17) is 16.3 Å². The van der Waals surface area contributed by atoms with Crippen LogP contribution in [0.2, 0.25) is 5.15 Å². The Labute approximate surface area is 107 Å². The maximum absolute atomic E-state index is 5.77. The van der Waals surface area contributed by atoms with Gasteiger partial charge in [-0.1, -0.05) is 17.7 Å². The van der Waals surface area contributed by atoms with Crippen LogP contribution in [0, 0.1) is 0 Å². The van der Waals surface area contributed by atoms with Gasteiger partial charge in [0.05, 0.1) is 11.9 Å². The molecule has 2 heterocycles. The Morgan fingerprint density at radius 2 is 2.19 bits per heavy atom. The summed E-state index contributed by atoms with van der Waals surface area (Å²) in [6, 6.07) is 7.27. The molecule has 0 saturated carbocycles. The van der Waals surface area contributed by atoms with Gasteiger partial charge in [0.25, 0.3) is 0 Å². The summed E-state index contributed by atoms with van der Waals surface area (Å²) in [4.78, 5) is 8.11. The van der Waals surface area contributed by atoms with Crippen LogP contribution in [0.5, 0.6) is 5.75 Å². The molecule has 2 aromatic heterocycles. The predicted octanol–water partition coefficient (Wildman–Crippen LogP) is 3.47. The molecular weight excluding hydrogens is 291 g/mol. The molecule has 0 spiro atoms. The summed E-state index contributed by atoms with van der Waals surface area (Å²) in [5.41, 5.74) is 0.785. The number of rotatable bonds is 3. The van der Waals surface area contributed by atoms with Crippen molar-refractivity contribution in [2.24, 2.45) is 0 Å². The summed E-state index contributed by atoms with van der Waals surface area (Å²) in [7, 11) is 0. The number of halogens is 2. The smallest absolute Gasteiger partial charge is 0.139 e.